The lowest BCUT2D eigenvalue weighted by Crippen LogP contribution is -2.24. The summed E-state index contributed by atoms with van der Waals surface area (Å²) in [6.07, 6.45) is 0.795. The van der Waals surface area contributed by atoms with Gasteiger partial charge in [0.15, 0.2) is 11.5 Å². The van der Waals surface area contributed by atoms with Gasteiger partial charge in [0, 0.05) is 23.6 Å². The van der Waals surface area contributed by atoms with E-state index in [2.05, 4.69) is 15.5 Å². The first-order valence-corrected chi connectivity index (χ1v) is 10.9. The third kappa shape index (κ3) is 5.19. The van der Waals surface area contributed by atoms with Crippen LogP contribution in [0.1, 0.15) is 12.0 Å². The second kappa shape index (κ2) is 9.59. The smallest absolute Gasteiger partial charge is 0.277 e. The first kappa shape index (κ1) is 20.8. The van der Waals surface area contributed by atoms with Gasteiger partial charge >= 0.3 is 0 Å². The van der Waals surface area contributed by atoms with Crippen molar-refractivity contribution in [3.05, 3.63) is 52.0 Å². The molecule has 1 aromatic heterocycles. The highest BCUT2D eigenvalue weighted by Crippen LogP contribution is 2.38. The third-order valence-corrected chi connectivity index (χ3v) is 5.53. The second-order valence-electron chi connectivity index (χ2n) is 6.40. The summed E-state index contributed by atoms with van der Waals surface area (Å²) >= 11 is 13.3. The van der Waals surface area contributed by atoms with Crippen molar-refractivity contribution in [3.8, 4) is 23.0 Å². The first-order valence-electron chi connectivity index (χ1n) is 9.15. The molecule has 10 heteroatoms. The van der Waals surface area contributed by atoms with Crippen LogP contribution in [0, 0.1) is 0 Å². The summed E-state index contributed by atoms with van der Waals surface area (Å²) in [5, 5.41) is 12.2. The lowest BCUT2D eigenvalue weighted by Gasteiger charge is -2.12. The average Bonchev–Trinajstić information content (AvgIpc) is 3.08. The molecule has 0 saturated heterocycles. The summed E-state index contributed by atoms with van der Waals surface area (Å²) in [7, 11) is 0. The number of fused-ring (bicyclic) bond motifs is 1. The summed E-state index contributed by atoms with van der Waals surface area (Å²) in [4.78, 5) is 12.2. The number of carbonyl (C=O) groups is 1. The Bertz CT molecular complexity index is 1040. The molecule has 0 unspecified atom stereocenters. The monoisotopic (exact) mass is 465 g/mol. The minimum absolute atomic E-state index is 0.139. The van der Waals surface area contributed by atoms with Crippen molar-refractivity contribution in [2.45, 2.75) is 18.2 Å². The number of hydrogen-bond acceptors (Lipinski definition) is 7. The van der Waals surface area contributed by atoms with E-state index in [0.717, 1.165) is 29.3 Å². The zero-order valence-electron chi connectivity index (χ0n) is 15.7. The number of ether oxygens (including phenoxy) is 2. The predicted molar refractivity (Wildman–Crippen MR) is 114 cm³/mol. The van der Waals surface area contributed by atoms with Crippen molar-refractivity contribution < 1.29 is 18.7 Å². The lowest BCUT2D eigenvalue weighted by molar-refractivity contribution is -0.118. The zero-order chi connectivity index (χ0) is 20.9. The summed E-state index contributed by atoms with van der Waals surface area (Å²) < 4.78 is 16.9. The van der Waals surface area contributed by atoms with E-state index in [1.165, 1.54) is 0 Å². The molecule has 0 fully saturated rings. The van der Waals surface area contributed by atoms with Crippen LogP contribution in [0.3, 0.4) is 0 Å². The predicted octanol–water partition coefficient (Wildman–Crippen LogP) is 4.61. The minimum atomic E-state index is -0.172. The van der Waals surface area contributed by atoms with Crippen LogP contribution in [0.25, 0.3) is 11.5 Å². The number of amides is 1. The molecular formula is C20H17Cl2N3O4S. The van der Waals surface area contributed by atoms with Crippen LogP contribution in [-0.2, 0) is 11.3 Å². The van der Waals surface area contributed by atoms with Gasteiger partial charge in [-0.05, 0) is 42.0 Å². The molecule has 1 amide bonds. The highest BCUT2D eigenvalue weighted by Gasteiger charge is 2.16. The van der Waals surface area contributed by atoms with Gasteiger partial charge in [0.25, 0.3) is 5.22 Å². The van der Waals surface area contributed by atoms with Crippen LogP contribution in [0.2, 0.25) is 10.0 Å². The minimum Gasteiger partial charge on any atom is -0.489 e. The molecule has 3 aromatic rings. The van der Waals surface area contributed by atoms with Crippen LogP contribution < -0.4 is 14.8 Å². The number of nitrogens with zero attached hydrogens (tertiary/aromatic N) is 2. The van der Waals surface area contributed by atoms with Crippen LogP contribution in [-0.4, -0.2) is 35.1 Å². The highest BCUT2D eigenvalue weighted by molar-refractivity contribution is 7.99. The van der Waals surface area contributed by atoms with Gasteiger partial charge in [-0.2, -0.15) is 0 Å². The number of nitrogens with one attached hydrogen (secondary N) is 1. The number of carbonyl (C=O) groups excluding carboxylic acids is 1. The molecular weight excluding hydrogens is 449 g/mol. The van der Waals surface area contributed by atoms with Crippen LogP contribution in [0.4, 0.5) is 0 Å². The van der Waals surface area contributed by atoms with E-state index in [0.29, 0.717) is 52.4 Å². The summed E-state index contributed by atoms with van der Waals surface area (Å²) in [5.41, 5.74) is 1.58. The molecule has 30 heavy (non-hydrogen) atoms. The molecule has 156 valence electrons. The van der Waals surface area contributed by atoms with E-state index in [1.807, 2.05) is 6.07 Å². The Morgan fingerprint density at radius 3 is 2.73 bits per heavy atom. The number of hydrogen-bond donors (Lipinski definition) is 1. The van der Waals surface area contributed by atoms with Gasteiger partial charge in [-0.1, -0.05) is 35.0 Å². The molecule has 0 bridgehead atoms. The fraction of sp³-hybridized carbons (Fsp3) is 0.250. The largest absolute Gasteiger partial charge is 0.489 e. The molecule has 0 atom stereocenters. The molecule has 0 radical (unpaired) electrons. The van der Waals surface area contributed by atoms with Gasteiger partial charge in [-0.25, -0.2) is 0 Å². The summed E-state index contributed by atoms with van der Waals surface area (Å²) in [6, 6.07) is 10.7. The first-order chi connectivity index (χ1) is 14.6. The molecule has 1 aliphatic heterocycles. The van der Waals surface area contributed by atoms with Crippen molar-refractivity contribution in [2.75, 3.05) is 19.0 Å². The average molecular weight is 466 g/mol. The van der Waals surface area contributed by atoms with Gasteiger partial charge < -0.3 is 19.2 Å². The standard InChI is InChI=1S/C20H17Cl2N3O4S/c21-14-4-2-13(3-5-14)19-24-25-20(29-19)30-11-17(26)23-10-12-8-15(22)18-16(9-12)27-6-1-7-28-18/h2-5,8-9H,1,6-7,10-11H2,(H,23,26). The fourth-order valence-corrected chi connectivity index (χ4v) is 3.75. The van der Waals surface area contributed by atoms with E-state index in [9.17, 15) is 4.79 Å². The van der Waals surface area contributed by atoms with Crippen LogP contribution in [0.5, 0.6) is 11.5 Å². The van der Waals surface area contributed by atoms with Crippen LogP contribution in [0.15, 0.2) is 46.0 Å². The molecule has 2 heterocycles. The van der Waals surface area contributed by atoms with Gasteiger partial charge in [0.1, 0.15) is 0 Å². The van der Waals surface area contributed by atoms with Gasteiger partial charge in [-0.3, -0.25) is 4.79 Å². The number of benzene rings is 2. The quantitative estimate of drug-likeness (QED) is 0.531. The molecule has 0 saturated carbocycles. The SMILES string of the molecule is O=C(CSc1nnc(-c2ccc(Cl)cc2)o1)NCc1cc(Cl)c2c(c1)OCCCO2. The Hall–Kier alpha value is -2.42. The molecule has 2 aromatic carbocycles. The Kier molecular flexibility index (Phi) is 6.66. The topological polar surface area (TPSA) is 86.5 Å². The van der Waals surface area contributed by atoms with E-state index in [-0.39, 0.29) is 11.7 Å². The van der Waals surface area contributed by atoms with Crippen molar-refractivity contribution in [3.63, 3.8) is 0 Å². The Balaban J connectivity index is 1.30. The number of rotatable bonds is 6. The molecule has 1 aliphatic rings. The number of thioether (sulfide) groups is 1. The number of aromatic nitrogens is 2. The molecule has 0 spiro atoms. The van der Waals surface area contributed by atoms with Crippen molar-refractivity contribution in [2.24, 2.45) is 0 Å². The highest BCUT2D eigenvalue weighted by atomic mass is 35.5. The molecule has 1 N–H and O–H groups in total. The van der Waals surface area contributed by atoms with Crippen molar-refractivity contribution >= 4 is 40.9 Å². The molecule has 4 rings (SSSR count). The van der Waals surface area contributed by atoms with E-state index >= 15 is 0 Å². The maximum Gasteiger partial charge on any atom is 0.277 e. The third-order valence-electron chi connectivity index (χ3n) is 4.18. The lowest BCUT2D eigenvalue weighted by atomic mass is 10.2. The summed E-state index contributed by atoms with van der Waals surface area (Å²) in [6.45, 7) is 1.45. The maximum absolute atomic E-state index is 12.2. The Labute approximate surface area is 187 Å². The molecule has 0 aliphatic carbocycles. The Morgan fingerprint density at radius 2 is 1.90 bits per heavy atom. The summed E-state index contributed by atoms with van der Waals surface area (Å²) in [5.74, 6) is 1.48. The van der Waals surface area contributed by atoms with Gasteiger partial charge in [0.05, 0.1) is 24.0 Å². The van der Waals surface area contributed by atoms with E-state index in [1.54, 1.807) is 30.3 Å². The maximum atomic E-state index is 12.2. The van der Waals surface area contributed by atoms with Crippen molar-refractivity contribution in [1.29, 1.82) is 0 Å². The van der Waals surface area contributed by atoms with Gasteiger partial charge in [0.2, 0.25) is 11.8 Å². The van der Waals surface area contributed by atoms with Crippen LogP contribution >= 0.6 is 35.0 Å². The van der Waals surface area contributed by atoms with Gasteiger partial charge in [-0.15, -0.1) is 10.2 Å². The second-order valence-corrected chi connectivity index (χ2v) is 8.17. The molecule has 7 nitrogen and oxygen atoms in total. The zero-order valence-corrected chi connectivity index (χ0v) is 18.0. The normalized spacial score (nSPS) is 13.0. The fourth-order valence-electron chi connectivity index (χ4n) is 2.74. The number of halogens is 2. The Morgan fingerprint density at radius 1 is 1.10 bits per heavy atom. The van der Waals surface area contributed by atoms with E-state index in [4.69, 9.17) is 37.1 Å². The van der Waals surface area contributed by atoms with Crippen molar-refractivity contribution in [1.82, 2.24) is 15.5 Å². The van der Waals surface area contributed by atoms with E-state index < -0.39 is 0 Å².